The molecule has 53 heavy (non-hydrogen) atoms. The number of cyclic esters (lactones) is 2. The fourth-order valence-electron chi connectivity index (χ4n) is 4.96. The average Bonchev–Trinajstić information content (AvgIpc) is 3.06. The number of carbonyl (C=O) groups is 5. The number of carboxylic acids is 1. The Labute approximate surface area is 342 Å². The van der Waals surface area contributed by atoms with Crippen molar-refractivity contribution >= 4 is 60.7 Å². The number of fused-ring (bicyclic) bond motifs is 2. The third-order valence-corrected chi connectivity index (χ3v) is 7.09. The molecule has 0 fully saturated rings. The maximum absolute atomic E-state index is 12.1. The van der Waals surface area contributed by atoms with Crippen molar-refractivity contribution in [3.8, 4) is 23.0 Å². The number of ether oxygens (including phenoxy) is 6. The van der Waals surface area contributed by atoms with Crippen molar-refractivity contribution < 1.29 is 92.2 Å². The fraction of sp³-hybridized carbons (Fsp3) is 0.429. The van der Waals surface area contributed by atoms with Crippen molar-refractivity contribution in [1.82, 2.24) is 5.32 Å². The van der Waals surface area contributed by atoms with Crippen LogP contribution in [0.15, 0.2) is 41.1 Å². The van der Waals surface area contributed by atoms with E-state index in [-0.39, 0.29) is 97.8 Å². The van der Waals surface area contributed by atoms with Crippen LogP contribution in [0.2, 0.25) is 0 Å². The molecule has 3 aliphatic heterocycles. The van der Waals surface area contributed by atoms with Crippen LogP contribution >= 0.6 is 24.8 Å². The van der Waals surface area contributed by atoms with Crippen LogP contribution in [0.5, 0.6) is 23.0 Å². The van der Waals surface area contributed by atoms with Crippen molar-refractivity contribution in [3.63, 3.8) is 0 Å². The second-order valence-electron chi connectivity index (χ2n) is 10.7. The summed E-state index contributed by atoms with van der Waals surface area (Å²) < 4.78 is 30.0. The SMILES string of the molecule is CC(=O)[O-].CCOC(=O)CC(=O)CC1NCCc2cc(OC)c(OC)cc21.COc1cc2c(cc1OC)CCN=C2.Cl.Cl.O=C1C=C(O)CC(=O)O1.[Na+]. The summed E-state index contributed by atoms with van der Waals surface area (Å²) in [6.07, 6.45) is 4.47. The number of Topliss-reactive ketones (excluding diaryl/α,β-unsaturated/α-hetero) is 1. The number of aliphatic hydroxyl groups is 1. The van der Waals surface area contributed by atoms with Gasteiger partial charge in [0.25, 0.3) is 0 Å². The van der Waals surface area contributed by atoms with Gasteiger partial charge in [0, 0.05) is 31.2 Å². The van der Waals surface area contributed by atoms with E-state index in [2.05, 4.69) is 15.0 Å². The molecule has 1 unspecified atom stereocenters. The van der Waals surface area contributed by atoms with E-state index in [0.717, 1.165) is 67.1 Å². The number of ketones is 1. The number of methoxy groups -OCH3 is 4. The van der Waals surface area contributed by atoms with Crippen LogP contribution in [-0.4, -0.2) is 89.1 Å². The maximum atomic E-state index is 12.1. The Morgan fingerprint density at radius 1 is 0.925 bits per heavy atom. The van der Waals surface area contributed by atoms with Gasteiger partial charge >= 0.3 is 47.5 Å². The molecule has 5 rings (SSSR count). The first-order chi connectivity index (χ1) is 23.8. The van der Waals surface area contributed by atoms with Crippen LogP contribution in [0, 0.1) is 0 Å². The van der Waals surface area contributed by atoms with Crippen LogP contribution in [0.3, 0.4) is 0 Å². The Morgan fingerprint density at radius 3 is 2.00 bits per heavy atom. The number of rotatable bonds is 9. The number of hydrogen-bond acceptors (Lipinski definition) is 15. The van der Waals surface area contributed by atoms with Gasteiger partial charge < -0.3 is 48.7 Å². The van der Waals surface area contributed by atoms with Crippen LogP contribution in [-0.2, 0) is 46.3 Å². The van der Waals surface area contributed by atoms with Crippen molar-refractivity contribution in [2.45, 2.75) is 52.0 Å². The van der Waals surface area contributed by atoms with Gasteiger partial charge in [0.15, 0.2) is 23.0 Å². The Morgan fingerprint density at radius 2 is 1.47 bits per heavy atom. The van der Waals surface area contributed by atoms with E-state index >= 15 is 0 Å². The molecule has 0 aliphatic carbocycles. The second kappa shape index (κ2) is 26.8. The first kappa shape index (κ1) is 51.2. The summed E-state index contributed by atoms with van der Waals surface area (Å²) >= 11 is 0. The molecule has 18 heteroatoms. The molecule has 0 aromatic heterocycles. The zero-order valence-corrected chi connectivity index (χ0v) is 34.4. The van der Waals surface area contributed by atoms with E-state index in [1.165, 1.54) is 5.56 Å². The minimum absolute atomic E-state index is 0. The van der Waals surface area contributed by atoms with Gasteiger partial charge in [-0.15, -0.1) is 24.8 Å². The Hall–Kier alpha value is -3.86. The van der Waals surface area contributed by atoms with Crippen molar-refractivity contribution in [2.24, 2.45) is 4.99 Å². The minimum atomic E-state index is -1.08. The molecule has 2 aromatic rings. The molecule has 0 bridgehead atoms. The average molecular weight is 796 g/mol. The summed E-state index contributed by atoms with van der Waals surface area (Å²) in [4.78, 5) is 57.1. The quantitative estimate of drug-likeness (QED) is 0.195. The third kappa shape index (κ3) is 17.7. The number of aliphatic imine (C=N–C) groups is 1. The number of halogens is 2. The molecule has 0 radical (unpaired) electrons. The molecule has 288 valence electrons. The van der Waals surface area contributed by atoms with E-state index < -0.39 is 23.9 Å². The molecule has 0 saturated carbocycles. The van der Waals surface area contributed by atoms with E-state index in [1.54, 1.807) is 35.4 Å². The van der Waals surface area contributed by atoms with Crippen molar-refractivity contribution in [1.29, 1.82) is 0 Å². The van der Waals surface area contributed by atoms with E-state index in [4.69, 9.17) is 38.7 Å². The molecule has 3 aliphatic rings. The zero-order valence-electron chi connectivity index (χ0n) is 30.8. The summed E-state index contributed by atoms with van der Waals surface area (Å²) in [6, 6.07) is 7.73. The Kier molecular flexibility index (Phi) is 25.9. The number of benzene rings is 2. The van der Waals surface area contributed by atoms with Gasteiger partial charge in [0.2, 0.25) is 0 Å². The topological polar surface area (TPSA) is 208 Å². The number of esters is 3. The summed E-state index contributed by atoms with van der Waals surface area (Å²) in [5, 5.41) is 20.8. The summed E-state index contributed by atoms with van der Waals surface area (Å²) in [5.41, 5.74) is 4.56. The van der Waals surface area contributed by atoms with Gasteiger partial charge in [-0.25, -0.2) is 4.79 Å². The van der Waals surface area contributed by atoms with Crippen molar-refractivity contribution in [2.75, 3.05) is 48.1 Å². The van der Waals surface area contributed by atoms with Crippen LogP contribution in [0.1, 0.15) is 61.4 Å². The normalized spacial score (nSPS) is 14.4. The monoisotopic (exact) mass is 794 g/mol. The maximum Gasteiger partial charge on any atom is 1.00 e. The van der Waals surface area contributed by atoms with Gasteiger partial charge in [0.05, 0.1) is 41.1 Å². The Balaban J connectivity index is 0. The summed E-state index contributed by atoms with van der Waals surface area (Å²) in [7, 11) is 6.48. The molecule has 15 nitrogen and oxygen atoms in total. The van der Waals surface area contributed by atoms with E-state index in [9.17, 15) is 19.2 Å². The number of carbonyl (C=O) groups excluding carboxylic acids is 5. The smallest absolute Gasteiger partial charge is 0.550 e. The number of aliphatic carboxylic acids is 1. The van der Waals surface area contributed by atoms with Crippen LogP contribution in [0.25, 0.3) is 0 Å². The molecular weight excluding hydrogens is 750 g/mol. The number of nitrogens with one attached hydrogen (secondary N) is 1. The number of aliphatic hydroxyl groups excluding tert-OH is 1. The molecule has 0 saturated heterocycles. The van der Waals surface area contributed by atoms with Gasteiger partial charge in [0.1, 0.15) is 24.4 Å². The number of nitrogens with zero attached hydrogens (tertiary/aromatic N) is 1. The van der Waals surface area contributed by atoms with Crippen LogP contribution < -0.4 is 58.9 Å². The van der Waals surface area contributed by atoms with Crippen LogP contribution in [0.4, 0.5) is 0 Å². The van der Waals surface area contributed by atoms with Gasteiger partial charge in [-0.2, -0.15) is 0 Å². The first-order valence-electron chi connectivity index (χ1n) is 15.6. The molecule has 0 amide bonds. The first-order valence-corrected chi connectivity index (χ1v) is 15.6. The third-order valence-electron chi connectivity index (χ3n) is 7.09. The molecule has 1 atom stereocenters. The Bertz CT molecular complexity index is 1600. The van der Waals surface area contributed by atoms with E-state index in [0.29, 0.717) is 11.5 Å². The number of carboxylic acid groups (broad SMARTS) is 1. The molecular formula is C35H45Cl2N2NaO13. The molecule has 2 aromatic carbocycles. The van der Waals surface area contributed by atoms with Crippen molar-refractivity contribution in [3.05, 3.63) is 58.4 Å². The fourth-order valence-corrected chi connectivity index (χ4v) is 4.96. The second-order valence-corrected chi connectivity index (χ2v) is 10.7. The number of hydrogen-bond donors (Lipinski definition) is 2. The standard InChI is InChI=1S/C17H23NO5.C11H13NO2.C5H4O4.C2H4O2.2ClH.Na/c1-4-23-17(20)9-12(19)8-14-13-10-16(22-3)15(21-2)7-11(13)5-6-18-14;1-13-10-5-8-3-4-12-7-9(8)6-11(10)14-2;6-3-1-4(7)9-5(8)2-3;1-2(3)4;;;/h7,10,14,18H,4-6,8-9H2,1-3H3;5-7H,3-4H2,1-2H3;1,6H,2H2;1H3,(H,3,4);2*1H;/q;;;;;;+1/p-1. The predicted octanol–water partition coefficient (Wildman–Crippen LogP) is -0.0126. The predicted molar refractivity (Wildman–Crippen MR) is 192 cm³/mol. The largest absolute Gasteiger partial charge is 1.00 e. The summed E-state index contributed by atoms with van der Waals surface area (Å²) in [6.45, 7) is 4.62. The summed E-state index contributed by atoms with van der Waals surface area (Å²) in [5.74, 6) is -0.562. The molecule has 2 N–H and O–H groups in total. The molecule has 3 heterocycles. The molecule has 0 spiro atoms. The van der Waals surface area contributed by atoms with E-state index in [1.807, 2.05) is 30.5 Å². The minimum Gasteiger partial charge on any atom is -0.550 e. The zero-order chi connectivity index (χ0) is 37.2. The van der Waals surface area contributed by atoms with Gasteiger partial charge in [-0.3, -0.25) is 19.4 Å². The van der Waals surface area contributed by atoms with Gasteiger partial charge in [-0.1, -0.05) is 0 Å². The van der Waals surface area contributed by atoms with Gasteiger partial charge in [-0.05, 0) is 79.8 Å².